The van der Waals surface area contributed by atoms with E-state index in [1.807, 2.05) is 0 Å². The molecular weight excluding hydrogens is 304 g/mol. The number of carbonyl (C=O) groups is 1. The third kappa shape index (κ3) is 3.44. The van der Waals surface area contributed by atoms with Gasteiger partial charge in [0.1, 0.15) is 0 Å². The predicted molar refractivity (Wildman–Crippen MR) is 72.5 cm³/mol. The van der Waals surface area contributed by atoms with Crippen molar-refractivity contribution in [2.75, 3.05) is 13.1 Å². The summed E-state index contributed by atoms with van der Waals surface area (Å²) in [5.41, 5.74) is 0.579. The number of amides is 1. The van der Waals surface area contributed by atoms with Crippen molar-refractivity contribution < 1.29 is 4.79 Å². The topological polar surface area (TPSA) is 41.1 Å². The second kappa shape index (κ2) is 5.85. The van der Waals surface area contributed by atoms with Gasteiger partial charge in [0.15, 0.2) is 0 Å². The van der Waals surface area contributed by atoms with E-state index >= 15 is 0 Å². The third-order valence-electron chi connectivity index (χ3n) is 2.84. The van der Waals surface area contributed by atoms with Crippen molar-refractivity contribution in [2.24, 2.45) is 0 Å². The summed E-state index contributed by atoms with van der Waals surface area (Å²) < 4.78 is 0.763. The van der Waals surface area contributed by atoms with Crippen molar-refractivity contribution in [1.82, 2.24) is 10.6 Å². The molecule has 1 atom stereocenters. The van der Waals surface area contributed by atoms with E-state index in [-0.39, 0.29) is 5.91 Å². The molecule has 1 aliphatic rings. The van der Waals surface area contributed by atoms with Crippen LogP contribution in [0.5, 0.6) is 0 Å². The average Bonchev–Trinajstić information content (AvgIpc) is 2.82. The molecule has 0 bridgehead atoms. The lowest BCUT2D eigenvalue weighted by molar-refractivity contribution is 0.0949. The number of carbonyl (C=O) groups excluding carboxylic acids is 1. The highest BCUT2D eigenvalue weighted by molar-refractivity contribution is 9.10. The average molecular weight is 318 g/mol. The summed E-state index contributed by atoms with van der Waals surface area (Å²) in [4.78, 5) is 11.9. The number of hydrogen-bond acceptors (Lipinski definition) is 2. The van der Waals surface area contributed by atoms with Crippen molar-refractivity contribution in [2.45, 2.75) is 18.9 Å². The first kappa shape index (κ1) is 12.9. The normalized spacial score (nSPS) is 19.3. The van der Waals surface area contributed by atoms with Crippen molar-refractivity contribution in [3.63, 3.8) is 0 Å². The van der Waals surface area contributed by atoms with Crippen LogP contribution in [0.1, 0.15) is 23.2 Å². The van der Waals surface area contributed by atoms with Gasteiger partial charge in [0.05, 0.1) is 5.56 Å². The molecule has 1 aromatic carbocycles. The molecule has 2 rings (SSSR count). The van der Waals surface area contributed by atoms with E-state index in [4.69, 9.17) is 11.6 Å². The van der Waals surface area contributed by atoms with Crippen molar-refractivity contribution >= 4 is 33.4 Å². The van der Waals surface area contributed by atoms with Crippen LogP contribution in [-0.2, 0) is 0 Å². The van der Waals surface area contributed by atoms with Crippen LogP contribution in [0.25, 0.3) is 0 Å². The maximum Gasteiger partial charge on any atom is 0.252 e. The predicted octanol–water partition coefficient (Wildman–Crippen LogP) is 2.58. The summed E-state index contributed by atoms with van der Waals surface area (Å²) in [5.74, 6) is -0.0897. The molecule has 0 aliphatic carbocycles. The Bertz CT molecular complexity index is 419. The SMILES string of the molecule is O=C(NCC1CCCN1)c1cc(Cl)ccc1Br. The summed E-state index contributed by atoms with van der Waals surface area (Å²) in [6.07, 6.45) is 2.30. The fourth-order valence-corrected chi connectivity index (χ4v) is 2.51. The molecule has 1 aromatic rings. The Balaban J connectivity index is 1.96. The van der Waals surface area contributed by atoms with Crippen LogP contribution in [0.3, 0.4) is 0 Å². The minimum Gasteiger partial charge on any atom is -0.350 e. The number of nitrogens with one attached hydrogen (secondary N) is 2. The molecule has 92 valence electrons. The molecule has 1 aliphatic heterocycles. The maximum absolute atomic E-state index is 11.9. The van der Waals surface area contributed by atoms with E-state index in [0.29, 0.717) is 23.2 Å². The standard InChI is InChI=1S/C12H14BrClN2O/c13-11-4-3-8(14)6-10(11)12(17)16-7-9-2-1-5-15-9/h3-4,6,9,15H,1-2,5,7H2,(H,16,17). The molecule has 3 nitrogen and oxygen atoms in total. The van der Waals surface area contributed by atoms with Crippen LogP contribution in [0, 0.1) is 0 Å². The van der Waals surface area contributed by atoms with Gasteiger partial charge in [-0.25, -0.2) is 0 Å². The molecule has 17 heavy (non-hydrogen) atoms. The van der Waals surface area contributed by atoms with Crippen molar-refractivity contribution in [1.29, 1.82) is 0 Å². The van der Waals surface area contributed by atoms with Crippen LogP contribution in [0.2, 0.25) is 5.02 Å². The first-order valence-corrected chi connectivity index (χ1v) is 6.80. The molecule has 0 radical (unpaired) electrons. The Morgan fingerprint density at radius 1 is 1.59 bits per heavy atom. The fraction of sp³-hybridized carbons (Fsp3) is 0.417. The van der Waals surface area contributed by atoms with E-state index in [0.717, 1.165) is 17.4 Å². The van der Waals surface area contributed by atoms with E-state index in [1.165, 1.54) is 6.42 Å². The van der Waals surface area contributed by atoms with Crippen LogP contribution < -0.4 is 10.6 Å². The van der Waals surface area contributed by atoms with E-state index in [2.05, 4.69) is 26.6 Å². The summed E-state index contributed by atoms with van der Waals surface area (Å²) in [7, 11) is 0. The first-order valence-electron chi connectivity index (χ1n) is 5.63. The molecule has 1 fully saturated rings. The zero-order valence-corrected chi connectivity index (χ0v) is 11.6. The van der Waals surface area contributed by atoms with Gasteiger partial charge in [-0.2, -0.15) is 0 Å². The number of rotatable bonds is 3. The van der Waals surface area contributed by atoms with Crippen LogP contribution in [0.15, 0.2) is 22.7 Å². The van der Waals surface area contributed by atoms with Gasteiger partial charge in [-0.15, -0.1) is 0 Å². The molecule has 0 spiro atoms. The highest BCUT2D eigenvalue weighted by atomic mass is 79.9. The van der Waals surface area contributed by atoms with Gasteiger partial charge in [0.2, 0.25) is 0 Å². The molecule has 1 unspecified atom stereocenters. The van der Waals surface area contributed by atoms with E-state index < -0.39 is 0 Å². The summed E-state index contributed by atoms with van der Waals surface area (Å²) >= 11 is 9.22. The molecule has 0 aromatic heterocycles. The van der Waals surface area contributed by atoms with E-state index in [1.54, 1.807) is 18.2 Å². The highest BCUT2D eigenvalue weighted by Gasteiger charge is 2.16. The fourth-order valence-electron chi connectivity index (χ4n) is 1.91. The smallest absolute Gasteiger partial charge is 0.252 e. The summed E-state index contributed by atoms with van der Waals surface area (Å²) in [5, 5.41) is 6.82. The number of halogens is 2. The summed E-state index contributed by atoms with van der Waals surface area (Å²) in [6.45, 7) is 1.71. The highest BCUT2D eigenvalue weighted by Crippen LogP contribution is 2.21. The molecular formula is C12H14BrClN2O. The zero-order chi connectivity index (χ0) is 12.3. The van der Waals surface area contributed by atoms with Gasteiger partial charge < -0.3 is 10.6 Å². The Morgan fingerprint density at radius 3 is 3.12 bits per heavy atom. The largest absolute Gasteiger partial charge is 0.350 e. The Morgan fingerprint density at radius 2 is 2.41 bits per heavy atom. The Hall–Kier alpha value is -0.580. The molecule has 1 amide bonds. The quantitative estimate of drug-likeness (QED) is 0.899. The van der Waals surface area contributed by atoms with Gasteiger partial charge in [-0.05, 0) is 53.5 Å². The maximum atomic E-state index is 11.9. The van der Waals surface area contributed by atoms with Crippen LogP contribution in [0.4, 0.5) is 0 Å². The molecule has 1 heterocycles. The number of hydrogen-bond donors (Lipinski definition) is 2. The van der Waals surface area contributed by atoms with Gasteiger partial charge in [0, 0.05) is 22.1 Å². The lowest BCUT2D eigenvalue weighted by Gasteiger charge is -2.12. The minimum atomic E-state index is -0.0897. The third-order valence-corrected chi connectivity index (χ3v) is 3.77. The molecule has 5 heteroatoms. The van der Waals surface area contributed by atoms with Crippen molar-refractivity contribution in [3.05, 3.63) is 33.3 Å². The van der Waals surface area contributed by atoms with Crippen LogP contribution in [-0.4, -0.2) is 25.0 Å². The monoisotopic (exact) mass is 316 g/mol. The van der Waals surface area contributed by atoms with Gasteiger partial charge in [0.25, 0.3) is 5.91 Å². The lowest BCUT2D eigenvalue weighted by atomic mass is 10.2. The second-order valence-corrected chi connectivity index (χ2v) is 5.42. The summed E-state index contributed by atoms with van der Waals surface area (Å²) in [6, 6.07) is 5.60. The van der Waals surface area contributed by atoms with E-state index in [9.17, 15) is 4.79 Å². The second-order valence-electron chi connectivity index (χ2n) is 4.13. The Labute approximate surface area is 114 Å². The number of benzene rings is 1. The first-order chi connectivity index (χ1) is 8.16. The minimum absolute atomic E-state index is 0.0897. The molecule has 2 N–H and O–H groups in total. The van der Waals surface area contributed by atoms with Gasteiger partial charge in [-0.3, -0.25) is 4.79 Å². The van der Waals surface area contributed by atoms with Gasteiger partial charge in [-0.1, -0.05) is 11.6 Å². The van der Waals surface area contributed by atoms with Crippen molar-refractivity contribution in [3.8, 4) is 0 Å². The lowest BCUT2D eigenvalue weighted by Crippen LogP contribution is -2.37. The molecule has 1 saturated heterocycles. The zero-order valence-electron chi connectivity index (χ0n) is 9.30. The Kier molecular flexibility index (Phi) is 4.42. The van der Waals surface area contributed by atoms with Gasteiger partial charge >= 0.3 is 0 Å². The van der Waals surface area contributed by atoms with Crippen LogP contribution >= 0.6 is 27.5 Å². The molecule has 0 saturated carbocycles.